The largest absolute Gasteiger partial charge is 0.408 e. The van der Waals surface area contributed by atoms with Gasteiger partial charge in [-0.25, -0.2) is 4.79 Å². The Hall–Kier alpha value is -1.88. The lowest BCUT2D eigenvalue weighted by molar-refractivity contribution is -0.133. The molecule has 7 atom stereocenters. The molecule has 1 amide bonds. The van der Waals surface area contributed by atoms with Crippen LogP contribution in [-0.4, -0.2) is 92.3 Å². The number of nitrogens with one attached hydrogen (secondary N) is 1. The second kappa shape index (κ2) is 11.7. The summed E-state index contributed by atoms with van der Waals surface area (Å²) in [6.45, 7) is 24.7. The molecular weight excluding hydrogens is 562 g/mol. The van der Waals surface area contributed by atoms with Gasteiger partial charge in [-0.2, -0.15) is 0 Å². The van der Waals surface area contributed by atoms with Crippen molar-refractivity contribution in [3.8, 4) is 0 Å². The van der Waals surface area contributed by atoms with E-state index in [1.165, 1.54) is 27.8 Å². The Morgan fingerprint density at radius 2 is 1.61 bits per heavy atom. The molecule has 2 fully saturated rings. The lowest BCUT2D eigenvalue weighted by Gasteiger charge is -2.44. The monoisotopic (exact) mass is 611 g/mol. The van der Waals surface area contributed by atoms with Gasteiger partial charge < -0.3 is 28.3 Å². The van der Waals surface area contributed by atoms with Crippen LogP contribution in [0.25, 0.3) is 0 Å². The second-order valence-corrected chi connectivity index (χ2v) is 23.7. The van der Waals surface area contributed by atoms with E-state index in [1.807, 2.05) is 0 Å². The van der Waals surface area contributed by atoms with Gasteiger partial charge in [-0.15, -0.1) is 6.58 Å². The molecule has 0 radical (unpaired) electrons. The number of carbonyl (C=O) groups is 1. The summed E-state index contributed by atoms with van der Waals surface area (Å²) in [4.78, 5) is 41.9. The minimum Gasteiger partial charge on any atom is -0.408 e. The van der Waals surface area contributed by atoms with Gasteiger partial charge in [-0.3, -0.25) is 19.1 Å². The number of likely N-dealkylation sites (N-methyl/N-ethyl adjacent to an activating group) is 1. The SMILES string of the molecule is C=C[C@@H](CO)N(C)C(=O)[C@H]1O[C@@H]1[C@H]1O[C@@H](n2ccc(=O)[nH]c2=O)[C@H](O[Si](C)(C)C(C)(C)C)[C@@H]1O[Si](C)(C)C(C)(C)C. The fourth-order valence-electron chi connectivity index (χ4n) is 4.37. The molecular formula is C28H49N3O8Si2. The normalized spacial score (nSPS) is 27.9. The van der Waals surface area contributed by atoms with Crippen molar-refractivity contribution >= 4 is 22.5 Å². The lowest BCUT2D eigenvalue weighted by atomic mass is 10.1. The number of rotatable bonds is 10. The van der Waals surface area contributed by atoms with E-state index in [-0.39, 0.29) is 22.6 Å². The number of hydrogen-bond acceptors (Lipinski definition) is 8. The van der Waals surface area contributed by atoms with E-state index < -0.39 is 70.7 Å². The molecule has 13 heteroatoms. The topological polar surface area (TPSA) is 136 Å². The van der Waals surface area contributed by atoms with Crippen LogP contribution in [-0.2, 0) is 23.1 Å². The molecule has 3 rings (SSSR count). The molecule has 1 aromatic heterocycles. The molecule has 0 aliphatic carbocycles. The van der Waals surface area contributed by atoms with Gasteiger partial charge in [0.25, 0.3) is 11.5 Å². The van der Waals surface area contributed by atoms with Crippen LogP contribution < -0.4 is 11.2 Å². The summed E-state index contributed by atoms with van der Waals surface area (Å²) in [6, 6.07) is 0.711. The third-order valence-electron chi connectivity index (χ3n) is 9.22. The summed E-state index contributed by atoms with van der Waals surface area (Å²) >= 11 is 0. The number of carbonyl (C=O) groups excluding carboxylic acids is 1. The first kappa shape index (κ1) is 33.6. The number of H-pyrrole nitrogens is 1. The Kier molecular flexibility index (Phi) is 9.56. The third kappa shape index (κ3) is 6.87. The second-order valence-electron chi connectivity index (χ2n) is 14.2. The van der Waals surface area contributed by atoms with Gasteiger partial charge in [0.15, 0.2) is 29.0 Å². The fraction of sp³-hybridized carbons (Fsp3) is 0.750. The average Bonchev–Trinajstić information content (AvgIpc) is 3.56. The molecule has 1 aromatic rings. The Morgan fingerprint density at radius 3 is 2.07 bits per heavy atom. The average molecular weight is 612 g/mol. The predicted octanol–water partition coefficient (Wildman–Crippen LogP) is 2.99. The number of aliphatic hydroxyl groups is 1. The number of aliphatic hydroxyl groups excluding tert-OH is 1. The van der Waals surface area contributed by atoms with Crippen molar-refractivity contribution in [1.29, 1.82) is 0 Å². The summed E-state index contributed by atoms with van der Waals surface area (Å²) in [5.41, 5.74) is -1.14. The quantitative estimate of drug-likeness (QED) is 0.234. The summed E-state index contributed by atoms with van der Waals surface area (Å²) in [7, 11) is -3.29. The standard InChI is InChI=1S/C28H49N3O8Si2/c1-13-17(16-32)30(8)24(34)22-20(36-22)19-21(38-40(9,10)27(2,3)4)23(39-41(11,12)28(5,6)7)25(37-19)31-15-14-18(33)29-26(31)35/h13-15,17,19-23,25,32H,1,16H2,2-12H3,(H,29,33,35)/t17-,19+,20+,21+,22-,23+,25+/m0/s1. The highest BCUT2D eigenvalue weighted by Crippen LogP contribution is 2.48. The number of ether oxygens (including phenoxy) is 2. The van der Waals surface area contributed by atoms with E-state index in [0.29, 0.717) is 0 Å². The number of aromatic amines is 1. The molecule has 2 aliphatic rings. The molecule has 0 spiro atoms. The third-order valence-corrected chi connectivity index (χ3v) is 18.2. The van der Waals surface area contributed by atoms with Crippen molar-refractivity contribution in [1.82, 2.24) is 14.5 Å². The summed E-state index contributed by atoms with van der Waals surface area (Å²) in [6.07, 6.45) is -1.59. The lowest BCUT2D eigenvalue weighted by Crippen LogP contribution is -2.54. The van der Waals surface area contributed by atoms with Crippen LogP contribution in [0.2, 0.25) is 36.3 Å². The zero-order chi connectivity index (χ0) is 31.3. The van der Waals surface area contributed by atoms with Crippen LogP contribution in [0.4, 0.5) is 0 Å². The van der Waals surface area contributed by atoms with Gasteiger partial charge in [0.1, 0.15) is 24.4 Å². The van der Waals surface area contributed by atoms with Gasteiger partial charge in [0, 0.05) is 19.3 Å². The Bertz CT molecular complexity index is 1230. The highest BCUT2D eigenvalue weighted by Gasteiger charge is 2.63. The number of amides is 1. The van der Waals surface area contributed by atoms with Crippen molar-refractivity contribution in [3.05, 3.63) is 45.8 Å². The summed E-state index contributed by atoms with van der Waals surface area (Å²) in [5, 5.41) is 9.36. The van der Waals surface area contributed by atoms with E-state index in [9.17, 15) is 19.5 Å². The van der Waals surface area contributed by atoms with Gasteiger partial charge in [0.05, 0.1) is 12.6 Å². The molecule has 0 saturated carbocycles. The number of epoxide rings is 1. The molecule has 0 aromatic carbocycles. The van der Waals surface area contributed by atoms with Crippen LogP contribution in [0.15, 0.2) is 34.5 Å². The zero-order valence-corrected chi connectivity index (χ0v) is 28.4. The smallest absolute Gasteiger partial charge is 0.330 e. The van der Waals surface area contributed by atoms with Crippen LogP contribution >= 0.6 is 0 Å². The highest BCUT2D eigenvalue weighted by molar-refractivity contribution is 6.74. The van der Waals surface area contributed by atoms with Crippen molar-refractivity contribution in [3.63, 3.8) is 0 Å². The molecule has 2 saturated heterocycles. The van der Waals surface area contributed by atoms with Gasteiger partial charge in [-0.1, -0.05) is 47.6 Å². The number of nitrogens with zero attached hydrogens (tertiary/aromatic N) is 2. The van der Waals surface area contributed by atoms with Gasteiger partial charge >= 0.3 is 5.69 Å². The number of hydrogen-bond donors (Lipinski definition) is 2. The van der Waals surface area contributed by atoms with Crippen molar-refractivity contribution < 1.29 is 28.2 Å². The van der Waals surface area contributed by atoms with E-state index in [1.54, 1.807) is 7.05 Å². The summed E-state index contributed by atoms with van der Waals surface area (Å²) in [5.74, 6) is -0.310. The molecule has 2 N–H and O–H groups in total. The van der Waals surface area contributed by atoms with E-state index in [4.69, 9.17) is 18.3 Å². The van der Waals surface area contributed by atoms with Crippen molar-refractivity contribution in [2.24, 2.45) is 0 Å². The van der Waals surface area contributed by atoms with Crippen LogP contribution in [0.3, 0.4) is 0 Å². The Balaban J connectivity index is 2.10. The number of aromatic nitrogens is 2. The fourth-order valence-corrected chi connectivity index (χ4v) is 6.95. The maximum atomic E-state index is 13.3. The minimum atomic E-state index is -2.45. The van der Waals surface area contributed by atoms with E-state index in [2.05, 4.69) is 79.3 Å². The first-order valence-corrected chi connectivity index (χ1v) is 20.0. The molecule has 232 valence electrons. The summed E-state index contributed by atoms with van der Waals surface area (Å²) < 4.78 is 27.8. The van der Waals surface area contributed by atoms with Crippen molar-refractivity contribution in [2.75, 3.05) is 13.7 Å². The molecule has 0 unspecified atom stereocenters. The van der Waals surface area contributed by atoms with Gasteiger partial charge in [-0.05, 0) is 36.3 Å². The van der Waals surface area contributed by atoms with Crippen LogP contribution in [0.5, 0.6) is 0 Å². The molecule has 11 nitrogen and oxygen atoms in total. The van der Waals surface area contributed by atoms with E-state index >= 15 is 0 Å². The maximum absolute atomic E-state index is 13.3. The van der Waals surface area contributed by atoms with E-state index in [0.717, 1.165) is 0 Å². The first-order valence-electron chi connectivity index (χ1n) is 14.1. The van der Waals surface area contributed by atoms with Crippen LogP contribution in [0.1, 0.15) is 47.8 Å². The molecule has 41 heavy (non-hydrogen) atoms. The maximum Gasteiger partial charge on any atom is 0.330 e. The molecule has 2 aliphatic heterocycles. The van der Waals surface area contributed by atoms with Crippen molar-refractivity contribution in [2.45, 2.75) is 121 Å². The Labute approximate surface area is 245 Å². The zero-order valence-electron chi connectivity index (χ0n) is 26.4. The highest BCUT2D eigenvalue weighted by atomic mass is 28.4. The molecule has 3 heterocycles. The predicted molar refractivity (Wildman–Crippen MR) is 162 cm³/mol. The van der Waals surface area contributed by atoms with Gasteiger partial charge in [0.2, 0.25) is 0 Å². The Morgan fingerprint density at radius 1 is 1.07 bits per heavy atom. The minimum absolute atomic E-state index is 0.149. The molecule has 0 bridgehead atoms. The first-order chi connectivity index (χ1) is 18.7. The van der Waals surface area contributed by atoms with Crippen LogP contribution in [0, 0.1) is 0 Å².